The number of quaternary nitrogens is 2. The molecule has 156 valence electrons. The highest BCUT2D eigenvalue weighted by Gasteiger charge is 2.30. The standard InChI is InChI=1S/C25H34N2O2/c1-28-24-13-12-22(18-25(24)29-20-21-8-4-2-5-9-21)19-26-14-16-27(17-15-26)23-10-6-3-7-11-23/h2,4-5,8-9,12-13,18,23H,3,6-7,10-11,14-17,19-20H2,1H3/p+2. The van der Waals surface area contributed by atoms with E-state index in [2.05, 4.69) is 30.3 Å². The Labute approximate surface area is 175 Å². The van der Waals surface area contributed by atoms with Crippen LogP contribution in [0, 0.1) is 0 Å². The molecule has 4 rings (SSSR count). The molecular weight excluding hydrogens is 360 g/mol. The van der Waals surface area contributed by atoms with Gasteiger partial charge in [-0.15, -0.1) is 0 Å². The topological polar surface area (TPSA) is 27.3 Å². The van der Waals surface area contributed by atoms with Crippen LogP contribution in [0.3, 0.4) is 0 Å². The summed E-state index contributed by atoms with van der Waals surface area (Å²) in [5.41, 5.74) is 2.51. The van der Waals surface area contributed by atoms with Crippen molar-refractivity contribution in [2.75, 3.05) is 33.3 Å². The predicted molar refractivity (Wildman–Crippen MR) is 116 cm³/mol. The fourth-order valence-electron chi connectivity index (χ4n) is 4.99. The van der Waals surface area contributed by atoms with E-state index in [1.54, 1.807) is 12.0 Å². The minimum atomic E-state index is 0.566. The van der Waals surface area contributed by atoms with E-state index in [0.29, 0.717) is 6.61 Å². The maximum atomic E-state index is 6.10. The third kappa shape index (κ3) is 5.52. The summed E-state index contributed by atoms with van der Waals surface area (Å²) < 4.78 is 11.6. The maximum absolute atomic E-state index is 6.10. The first kappa shape index (κ1) is 20.2. The number of piperazine rings is 1. The van der Waals surface area contributed by atoms with Gasteiger partial charge >= 0.3 is 0 Å². The van der Waals surface area contributed by atoms with E-state index in [4.69, 9.17) is 9.47 Å². The molecule has 2 aromatic rings. The van der Waals surface area contributed by atoms with E-state index in [-0.39, 0.29) is 0 Å². The summed E-state index contributed by atoms with van der Waals surface area (Å²) in [6.07, 6.45) is 7.24. The lowest BCUT2D eigenvalue weighted by molar-refractivity contribution is -1.03. The van der Waals surface area contributed by atoms with E-state index < -0.39 is 0 Å². The SMILES string of the molecule is COc1ccc(C[NH+]2CC[NH+](C3CCCCC3)CC2)cc1OCc1ccccc1. The summed E-state index contributed by atoms with van der Waals surface area (Å²) in [6, 6.07) is 17.7. The predicted octanol–water partition coefficient (Wildman–Crippen LogP) is 1.89. The largest absolute Gasteiger partial charge is 0.493 e. The van der Waals surface area contributed by atoms with Crippen molar-refractivity contribution in [3.8, 4) is 11.5 Å². The Morgan fingerprint density at radius 1 is 0.828 bits per heavy atom. The van der Waals surface area contributed by atoms with Gasteiger partial charge in [0.05, 0.1) is 13.2 Å². The molecule has 0 bridgehead atoms. The Balaban J connectivity index is 1.33. The van der Waals surface area contributed by atoms with Crippen LogP contribution in [0.1, 0.15) is 43.2 Å². The molecule has 0 atom stereocenters. The summed E-state index contributed by atoms with van der Waals surface area (Å²) in [5, 5.41) is 0. The molecule has 29 heavy (non-hydrogen) atoms. The van der Waals surface area contributed by atoms with Crippen molar-refractivity contribution in [2.45, 2.75) is 51.3 Å². The fraction of sp³-hybridized carbons (Fsp3) is 0.520. The van der Waals surface area contributed by atoms with E-state index in [0.717, 1.165) is 24.1 Å². The molecule has 0 aromatic heterocycles. The summed E-state index contributed by atoms with van der Waals surface area (Å²) in [7, 11) is 1.71. The molecular formula is C25H36N2O2+2. The number of benzene rings is 2. The van der Waals surface area contributed by atoms with Crippen molar-refractivity contribution in [1.82, 2.24) is 0 Å². The fourth-order valence-corrected chi connectivity index (χ4v) is 4.99. The molecule has 0 unspecified atom stereocenters. The lowest BCUT2D eigenvalue weighted by Crippen LogP contribution is -3.29. The molecule has 1 aliphatic heterocycles. The molecule has 2 N–H and O–H groups in total. The normalized spacial score (nSPS) is 22.9. The lowest BCUT2D eigenvalue weighted by atomic mass is 9.94. The third-order valence-corrected chi connectivity index (χ3v) is 6.70. The minimum Gasteiger partial charge on any atom is -0.493 e. The van der Waals surface area contributed by atoms with E-state index >= 15 is 0 Å². The summed E-state index contributed by atoms with van der Waals surface area (Å²) in [5.74, 6) is 1.66. The van der Waals surface area contributed by atoms with Crippen LogP contribution in [0.25, 0.3) is 0 Å². The molecule has 4 nitrogen and oxygen atoms in total. The maximum Gasteiger partial charge on any atom is 0.162 e. The number of methoxy groups -OCH3 is 1. The lowest BCUT2D eigenvalue weighted by Gasteiger charge is -2.36. The monoisotopic (exact) mass is 396 g/mol. The average molecular weight is 397 g/mol. The van der Waals surface area contributed by atoms with Gasteiger partial charge in [-0.2, -0.15) is 0 Å². The zero-order valence-corrected chi connectivity index (χ0v) is 17.8. The Kier molecular flexibility index (Phi) is 7.07. The molecule has 1 saturated carbocycles. The molecule has 1 saturated heterocycles. The zero-order chi connectivity index (χ0) is 19.9. The minimum absolute atomic E-state index is 0.566. The molecule has 2 aromatic carbocycles. The quantitative estimate of drug-likeness (QED) is 0.748. The van der Waals surface area contributed by atoms with Gasteiger partial charge in [0.15, 0.2) is 11.5 Å². The highest BCUT2D eigenvalue weighted by Crippen LogP contribution is 2.28. The summed E-state index contributed by atoms with van der Waals surface area (Å²) >= 11 is 0. The molecule has 2 fully saturated rings. The first-order chi connectivity index (χ1) is 14.3. The van der Waals surface area contributed by atoms with Crippen LogP contribution in [0.5, 0.6) is 11.5 Å². The summed E-state index contributed by atoms with van der Waals surface area (Å²) in [4.78, 5) is 3.57. The van der Waals surface area contributed by atoms with Crippen molar-refractivity contribution < 1.29 is 19.3 Å². The van der Waals surface area contributed by atoms with Crippen molar-refractivity contribution >= 4 is 0 Å². The number of nitrogens with one attached hydrogen (secondary N) is 2. The Morgan fingerprint density at radius 3 is 2.31 bits per heavy atom. The van der Waals surface area contributed by atoms with Gasteiger partial charge in [0.25, 0.3) is 0 Å². The van der Waals surface area contributed by atoms with Crippen LogP contribution in [0.2, 0.25) is 0 Å². The van der Waals surface area contributed by atoms with Gasteiger partial charge in [-0.1, -0.05) is 36.8 Å². The Morgan fingerprint density at radius 2 is 1.59 bits per heavy atom. The third-order valence-electron chi connectivity index (χ3n) is 6.70. The Hall–Kier alpha value is -2.04. The Bertz CT molecular complexity index is 751. The molecule has 4 heteroatoms. The van der Waals surface area contributed by atoms with Crippen LogP contribution in [0.4, 0.5) is 0 Å². The zero-order valence-electron chi connectivity index (χ0n) is 17.8. The van der Waals surface area contributed by atoms with Crippen molar-refractivity contribution in [2.24, 2.45) is 0 Å². The van der Waals surface area contributed by atoms with Gasteiger partial charge in [0.1, 0.15) is 39.3 Å². The highest BCUT2D eigenvalue weighted by atomic mass is 16.5. The van der Waals surface area contributed by atoms with E-state index in [1.165, 1.54) is 69.4 Å². The molecule has 0 radical (unpaired) electrons. The van der Waals surface area contributed by atoms with Gasteiger partial charge in [0.2, 0.25) is 0 Å². The number of hydrogen-bond acceptors (Lipinski definition) is 2. The van der Waals surface area contributed by atoms with Crippen LogP contribution in [0.15, 0.2) is 48.5 Å². The van der Waals surface area contributed by atoms with Crippen molar-refractivity contribution in [3.63, 3.8) is 0 Å². The van der Waals surface area contributed by atoms with Crippen LogP contribution < -0.4 is 19.3 Å². The van der Waals surface area contributed by atoms with Gasteiger partial charge in [0, 0.05) is 5.56 Å². The first-order valence-electron chi connectivity index (χ1n) is 11.3. The first-order valence-corrected chi connectivity index (χ1v) is 11.3. The van der Waals surface area contributed by atoms with Gasteiger partial charge < -0.3 is 19.3 Å². The molecule has 0 amide bonds. The second-order valence-electron chi connectivity index (χ2n) is 8.68. The van der Waals surface area contributed by atoms with Crippen molar-refractivity contribution in [1.29, 1.82) is 0 Å². The smallest absolute Gasteiger partial charge is 0.162 e. The molecule has 1 aliphatic carbocycles. The molecule has 1 heterocycles. The van der Waals surface area contributed by atoms with E-state index in [9.17, 15) is 0 Å². The average Bonchev–Trinajstić information content (AvgIpc) is 2.80. The van der Waals surface area contributed by atoms with Crippen molar-refractivity contribution in [3.05, 3.63) is 59.7 Å². The molecule has 2 aliphatic rings. The van der Waals surface area contributed by atoms with Gasteiger partial charge in [-0.25, -0.2) is 0 Å². The molecule has 0 spiro atoms. The van der Waals surface area contributed by atoms with E-state index in [1.807, 2.05) is 23.1 Å². The number of rotatable bonds is 7. The van der Waals surface area contributed by atoms with Crippen LogP contribution in [-0.4, -0.2) is 39.3 Å². The van der Waals surface area contributed by atoms with Crippen LogP contribution in [-0.2, 0) is 13.2 Å². The number of hydrogen-bond donors (Lipinski definition) is 2. The van der Waals surface area contributed by atoms with Gasteiger partial charge in [-0.3, -0.25) is 0 Å². The highest BCUT2D eigenvalue weighted by molar-refractivity contribution is 5.42. The summed E-state index contributed by atoms with van der Waals surface area (Å²) in [6.45, 7) is 6.84. The second-order valence-corrected chi connectivity index (χ2v) is 8.68. The number of ether oxygens (including phenoxy) is 2. The second kappa shape index (κ2) is 10.1. The van der Waals surface area contributed by atoms with Crippen LogP contribution >= 0.6 is 0 Å². The van der Waals surface area contributed by atoms with Gasteiger partial charge in [-0.05, 0) is 49.4 Å².